The van der Waals surface area contributed by atoms with Gasteiger partial charge in [0.05, 0.1) is 28.8 Å². The number of anilines is 1. The Bertz CT molecular complexity index is 1060. The van der Waals surface area contributed by atoms with Gasteiger partial charge in [0, 0.05) is 25.0 Å². The van der Waals surface area contributed by atoms with Crippen molar-refractivity contribution in [3.63, 3.8) is 0 Å². The van der Waals surface area contributed by atoms with Crippen LogP contribution < -0.4 is 9.64 Å². The zero-order valence-electron chi connectivity index (χ0n) is 19.1. The molecule has 1 saturated carbocycles. The lowest BCUT2D eigenvalue weighted by molar-refractivity contribution is -0.137. The van der Waals surface area contributed by atoms with E-state index in [0.29, 0.717) is 24.5 Å². The number of hydrogen-bond acceptors (Lipinski definition) is 5. The fourth-order valence-electron chi connectivity index (χ4n) is 4.65. The zero-order valence-corrected chi connectivity index (χ0v) is 19.9. The van der Waals surface area contributed by atoms with Gasteiger partial charge >= 0.3 is 6.18 Å². The van der Waals surface area contributed by atoms with Crippen LogP contribution in [0.2, 0.25) is 0 Å². The number of hydrogen-bond donors (Lipinski definition) is 0. The van der Waals surface area contributed by atoms with Crippen LogP contribution in [0.4, 0.5) is 18.9 Å². The monoisotopic (exact) mass is 497 g/mol. The van der Waals surface area contributed by atoms with Gasteiger partial charge in [0.25, 0.3) is 0 Å². The molecule has 2 aromatic rings. The summed E-state index contributed by atoms with van der Waals surface area (Å²) in [6.45, 7) is 1.35. The Balaban J connectivity index is 1.21. The topological polar surface area (TPSA) is 55.8 Å². The first-order valence-corrected chi connectivity index (χ1v) is 13.5. The fraction of sp³-hybridized carbons (Fsp3) is 0.520. The molecule has 0 spiro atoms. The summed E-state index contributed by atoms with van der Waals surface area (Å²) in [4.78, 5) is 2.27. The van der Waals surface area contributed by atoms with Crippen LogP contribution in [0, 0.1) is 0 Å². The number of benzene rings is 2. The van der Waals surface area contributed by atoms with Gasteiger partial charge in [-0.3, -0.25) is 0 Å². The van der Waals surface area contributed by atoms with Crippen LogP contribution >= 0.6 is 0 Å². The second-order valence-electron chi connectivity index (χ2n) is 9.13. The maximum atomic E-state index is 13.0. The quantitative estimate of drug-likeness (QED) is 0.529. The predicted molar refractivity (Wildman–Crippen MR) is 124 cm³/mol. The molecule has 0 amide bonds. The van der Waals surface area contributed by atoms with E-state index in [2.05, 4.69) is 0 Å². The highest BCUT2D eigenvalue weighted by molar-refractivity contribution is 7.90. The first kappa shape index (κ1) is 24.9. The summed E-state index contributed by atoms with van der Waals surface area (Å²) in [5.41, 5.74) is -0.0100. The van der Waals surface area contributed by atoms with Crippen LogP contribution in [0.5, 0.6) is 5.75 Å². The highest BCUT2D eigenvalue weighted by Crippen LogP contribution is 2.33. The molecule has 0 N–H and O–H groups in total. The first-order valence-electron chi connectivity index (χ1n) is 11.6. The smallest absolute Gasteiger partial charge is 0.416 e. The largest absolute Gasteiger partial charge is 0.490 e. The maximum Gasteiger partial charge on any atom is 0.416 e. The summed E-state index contributed by atoms with van der Waals surface area (Å²) in [6, 6.07) is 12.0. The van der Waals surface area contributed by atoms with Gasteiger partial charge in [-0.15, -0.1) is 0 Å². The third-order valence-corrected chi connectivity index (χ3v) is 7.67. The number of nitrogens with zero attached hydrogens (tertiary/aromatic N) is 1. The normalized spacial score (nSPS) is 22.5. The molecule has 1 heterocycles. The molecule has 186 valence electrons. The second-order valence-corrected chi connectivity index (χ2v) is 11.1. The molecule has 34 heavy (non-hydrogen) atoms. The number of rotatable bonds is 6. The Kier molecular flexibility index (Phi) is 7.42. The van der Waals surface area contributed by atoms with Crippen molar-refractivity contribution in [2.45, 2.75) is 67.9 Å². The third kappa shape index (κ3) is 6.44. The Morgan fingerprint density at radius 1 is 0.853 bits per heavy atom. The van der Waals surface area contributed by atoms with Crippen LogP contribution in [0.25, 0.3) is 0 Å². The van der Waals surface area contributed by atoms with Crippen LogP contribution in [0.15, 0.2) is 53.4 Å². The third-order valence-electron chi connectivity index (χ3n) is 6.54. The van der Waals surface area contributed by atoms with Gasteiger partial charge in [-0.25, -0.2) is 8.42 Å². The van der Waals surface area contributed by atoms with E-state index in [1.54, 1.807) is 30.3 Å². The van der Waals surface area contributed by atoms with Gasteiger partial charge in [-0.2, -0.15) is 13.2 Å². The molecule has 0 atom stereocenters. The Morgan fingerprint density at radius 2 is 1.44 bits per heavy atom. The van der Waals surface area contributed by atoms with Gasteiger partial charge < -0.3 is 14.4 Å². The molecule has 2 fully saturated rings. The Labute approximate surface area is 198 Å². The lowest BCUT2D eigenvalue weighted by atomic mass is 9.94. The molecule has 0 bridgehead atoms. The molecule has 2 aromatic carbocycles. The fourth-order valence-corrected chi connectivity index (χ4v) is 5.28. The van der Waals surface area contributed by atoms with Crippen molar-refractivity contribution >= 4 is 15.5 Å². The van der Waals surface area contributed by atoms with Gasteiger partial charge in [-0.05, 0) is 81.0 Å². The molecule has 0 aromatic heterocycles. The second kappa shape index (κ2) is 10.2. The van der Waals surface area contributed by atoms with E-state index < -0.39 is 21.6 Å². The summed E-state index contributed by atoms with van der Waals surface area (Å²) >= 11 is 0. The van der Waals surface area contributed by atoms with E-state index in [-0.39, 0.29) is 23.2 Å². The summed E-state index contributed by atoms with van der Waals surface area (Å²) < 4.78 is 74.5. The number of piperidine rings is 1. The standard InChI is InChI=1S/C25H30F3NO4S/c1-34(30,31)24-11-9-22(10-12-24)32-20-5-7-21(8-6-20)33-23-13-15-29(16-14-23)19-4-2-3-18(17-19)25(26,27)28/h2-4,9-12,17,20-21,23H,5-8,13-16H2,1H3. The van der Waals surface area contributed by atoms with E-state index in [0.717, 1.165) is 44.6 Å². The van der Waals surface area contributed by atoms with E-state index in [4.69, 9.17) is 9.47 Å². The highest BCUT2D eigenvalue weighted by Gasteiger charge is 2.32. The number of sulfone groups is 1. The van der Waals surface area contributed by atoms with Crippen molar-refractivity contribution in [2.75, 3.05) is 24.2 Å². The zero-order chi connectivity index (χ0) is 24.3. The number of halogens is 3. The van der Waals surface area contributed by atoms with E-state index in [9.17, 15) is 21.6 Å². The number of ether oxygens (including phenoxy) is 2. The first-order chi connectivity index (χ1) is 16.1. The lowest BCUT2D eigenvalue weighted by Gasteiger charge is -2.37. The molecule has 9 heteroatoms. The van der Waals surface area contributed by atoms with Crippen LogP contribution in [0.1, 0.15) is 44.1 Å². The summed E-state index contributed by atoms with van der Waals surface area (Å²) in [6.07, 6.45) is 2.29. The Morgan fingerprint density at radius 3 is 2.03 bits per heavy atom. The summed E-state index contributed by atoms with van der Waals surface area (Å²) in [5, 5.41) is 0. The van der Waals surface area contributed by atoms with Crippen molar-refractivity contribution in [2.24, 2.45) is 0 Å². The van der Waals surface area contributed by atoms with Gasteiger partial charge in [-0.1, -0.05) is 6.07 Å². The van der Waals surface area contributed by atoms with Crippen molar-refractivity contribution in [3.8, 4) is 5.75 Å². The minimum atomic E-state index is -4.33. The van der Waals surface area contributed by atoms with Gasteiger partial charge in [0.15, 0.2) is 9.84 Å². The molecule has 2 aliphatic rings. The molecule has 1 aliphatic heterocycles. The van der Waals surface area contributed by atoms with Crippen molar-refractivity contribution in [3.05, 3.63) is 54.1 Å². The van der Waals surface area contributed by atoms with Crippen molar-refractivity contribution in [1.82, 2.24) is 0 Å². The minimum absolute atomic E-state index is 0.0756. The van der Waals surface area contributed by atoms with Crippen LogP contribution in [0.3, 0.4) is 0 Å². The van der Waals surface area contributed by atoms with Crippen LogP contribution in [-0.2, 0) is 20.8 Å². The highest BCUT2D eigenvalue weighted by atomic mass is 32.2. The minimum Gasteiger partial charge on any atom is -0.490 e. The molecule has 4 rings (SSSR count). The average Bonchev–Trinajstić information content (AvgIpc) is 2.80. The lowest BCUT2D eigenvalue weighted by Crippen LogP contribution is -2.39. The summed E-state index contributed by atoms with van der Waals surface area (Å²) in [5.74, 6) is 0.665. The van der Waals surface area contributed by atoms with Crippen molar-refractivity contribution < 1.29 is 31.1 Å². The van der Waals surface area contributed by atoms with Gasteiger partial charge in [0.1, 0.15) is 5.75 Å². The number of alkyl halides is 3. The van der Waals surface area contributed by atoms with Gasteiger partial charge in [0.2, 0.25) is 0 Å². The maximum absolute atomic E-state index is 13.0. The molecule has 1 saturated heterocycles. The van der Waals surface area contributed by atoms with E-state index in [1.165, 1.54) is 18.4 Å². The molecule has 5 nitrogen and oxygen atoms in total. The average molecular weight is 498 g/mol. The van der Waals surface area contributed by atoms with Crippen LogP contribution in [-0.4, -0.2) is 46.1 Å². The summed E-state index contributed by atoms with van der Waals surface area (Å²) in [7, 11) is -3.22. The molecular formula is C25H30F3NO4S. The molecule has 0 radical (unpaired) electrons. The predicted octanol–water partition coefficient (Wildman–Crippen LogP) is 5.48. The SMILES string of the molecule is CS(=O)(=O)c1ccc(OC2CCC(OC3CCN(c4cccc(C(F)(F)F)c4)CC3)CC2)cc1. The van der Waals surface area contributed by atoms with E-state index >= 15 is 0 Å². The molecule has 0 unspecified atom stereocenters. The Hall–Kier alpha value is -2.26. The molecular weight excluding hydrogens is 467 g/mol. The van der Waals surface area contributed by atoms with Crippen molar-refractivity contribution in [1.29, 1.82) is 0 Å². The molecule has 1 aliphatic carbocycles. The van der Waals surface area contributed by atoms with E-state index in [1.807, 2.05) is 4.90 Å².